The zero-order chi connectivity index (χ0) is 18.5. The Morgan fingerprint density at radius 1 is 0.679 bits per heavy atom. The highest BCUT2D eigenvalue weighted by Gasteiger charge is 2.28. The number of para-hydroxylation sites is 3. The van der Waals surface area contributed by atoms with Crippen LogP contribution in [0.4, 0.5) is 11.4 Å². The van der Waals surface area contributed by atoms with E-state index >= 15 is 0 Å². The van der Waals surface area contributed by atoms with Crippen molar-refractivity contribution in [1.29, 1.82) is 0 Å². The van der Waals surface area contributed by atoms with Crippen LogP contribution in [-0.4, -0.2) is 4.98 Å². The van der Waals surface area contributed by atoms with Crippen molar-refractivity contribution < 1.29 is 0 Å². The van der Waals surface area contributed by atoms with Gasteiger partial charge in [-0.1, -0.05) is 48.2 Å². The SMILES string of the molecule is c1ccc2c(c1)Sc1ccccc1[N+]2=c1ccc2nc3ccccc3sc-2c1. The first-order chi connectivity index (χ1) is 13.9. The molecule has 0 spiro atoms. The summed E-state index contributed by atoms with van der Waals surface area (Å²) in [5.41, 5.74) is 4.55. The summed E-state index contributed by atoms with van der Waals surface area (Å²) in [4.78, 5) is 8.60. The molecule has 0 aromatic heterocycles. The zero-order valence-corrected chi connectivity index (χ0v) is 16.5. The summed E-state index contributed by atoms with van der Waals surface area (Å²) < 4.78 is 3.57. The molecule has 0 saturated carbocycles. The highest BCUT2D eigenvalue weighted by atomic mass is 32.2. The summed E-state index contributed by atoms with van der Waals surface area (Å²) in [6.07, 6.45) is 0. The average molecular weight is 396 g/mol. The van der Waals surface area contributed by atoms with Gasteiger partial charge in [0, 0.05) is 24.3 Å². The smallest absolute Gasteiger partial charge is 0.225 e. The van der Waals surface area contributed by atoms with E-state index in [0.717, 1.165) is 11.2 Å². The molecule has 0 saturated heterocycles. The van der Waals surface area contributed by atoms with E-state index < -0.39 is 0 Å². The van der Waals surface area contributed by atoms with Crippen molar-refractivity contribution in [2.45, 2.75) is 9.79 Å². The third kappa shape index (κ3) is 2.49. The maximum atomic E-state index is 4.84. The third-order valence-electron chi connectivity index (χ3n) is 4.96. The molecule has 0 atom stereocenters. The first-order valence-electron chi connectivity index (χ1n) is 9.15. The van der Waals surface area contributed by atoms with Crippen molar-refractivity contribution in [1.82, 2.24) is 9.56 Å². The normalized spacial score (nSPS) is 12.8. The Morgan fingerprint density at radius 2 is 1.36 bits per heavy atom. The maximum absolute atomic E-state index is 4.84. The lowest BCUT2D eigenvalue weighted by Crippen LogP contribution is -2.23. The summed E-state index contributed by atoms with van der Waals surface area (Å²) in [7, 11) is 0. The molecular weight excluding hydrogens is 380 g/mol. The summed E-state index contributed by atoms with van der Waals surface area (Å²) in [6, 6.07) is 32.1. The number of rotatable bonds is 0. The van der Waals surface area contributed by atoms with E-state index in [-0.39, 0.29) is 0 Å². The monoisotopic (exact) mass is 395 g/mol. The van der Waals surface area contributed by atoms with Crippen LogP contribution in [-0.2, 0) is 0 Å². The average Bonchev–Trinajstić information content (AvgIpc) is 2.75. The molecule has 0 N–H and O–H groups in total. The van der Waals surface area contributed by atoms with Crippen LogP contribution in [0.3, 0.4) is 0 Å². The molecule has 2 aliphatic heterocycles. The van der Waals surface area contributed by atoms with Crippen molar-refractivity contribution in [3.63, 3.8) is 0 Å². The van der Waals surface area contributed by atoms with Crippen LogP contribution in [0, 0.1) is 0 Å². The Labute approximate surface area is 170 Å². The van der Waals surface area contributed by atoms with E-state index in [1.54, 1.807) is 11.3 Å². The molecule has 2 heterocycles. The number of hydrogen-bond acceptors (Lipinski definition) is 3. The Morgan fingerprint density at radius 3 is 2.14 bits per heavy atom. The predicted octanol–water partition coefficient (Wildman–Crippen LogP) is 6.30. The van der Waals surface area contributed by atoms with Gasteiger partial charge in [-0.05, 0) is 30.3 Å². The molecule has 3 aromatic carbocycles. The fourth-order valence-corrected chi connectivity index (χ4v) is 5.74. The van der Waals surface area contributed by atoms with Gasteiger partial charge in [0.2, 0.25) is 16.7 Å². The van der Waals surface area contributed by atoms with E-state index in [9.17, 15) is 0 Å². The van der Waals surface area contributed by atoms with E-state index in [2.05, 4.69) is 89.5 Å². The highest BCUT2D eigenvalue weighted by Crippen LogP contribution is 2.45. The summed E-state index contributed by atoms with van der Waals surface area (Å²) in [5.74, 6) is 0. The fraction of sp³-hybridized carbons (Fsp3) is 0. The topological polar surface area (TPSA) is 15.9 Å². The van der Waals surface area contributed by atoms with Gasteiger partial charge < -0.3 is 0 Å². The Hall–Kier alpha value is -2.95. The molecule has 1 aliphatic carbocycles. The van der Waals surface area contributed by atoms with Gasteiger partial charge in [0.1, 0.15) is 0 Å². The van der Waals surface area contributed by atoms with E-state index in [1.165, 1.54) is 36.1 Å². The Kier molecular flexibility index (Phi) is 3.61. The lowest BCUT2D eigenvalue weighted by molar-refractivity contribution is 0.920. The second-order valence-corrected chi connectivity index (χ2v) is 8.87. The van der Waals surface area contributed by atoms with Gasteiger partial charge in [0.05, 0.1) is 30.6 Å². The van der Waals surface area contributed by atoms with Crippen molar-refractivity contribution >= 4 is 44.7 Å². The van der Waals surface area contributed by atoms with Crippen molar-refractivity contribution in [3.8, 4) is 10.6 Å². The molecule has 132 valence electrons. The number of hydrogen-bond donors (Lipinski definition) is 0. The lowest BCUT2D eigenvalue weighted by atomic mass is 10.2. The van der Waals surface area contributed by atoms with Crippen LogP contribution in [0.25, 0.3) is 20.8 Å². The van der Waals surface area contributed by atoms with Crippen LogP contribution in [0.15, 0.2) is 101 Å². The van der Waals surface area contributed by atoms with Gasteiger partial charge in [0.15, 0.2) is 0 Å². The molecule has 6 rings (SSSR count). The molecule has 0 radical (unpaired) electrons. The van der Waals surface area contributed by atoms with Crippen molar-refractivity contribution in [2.75, 3.05) is 0 Å². The summed E-state index contributed by atoms with van der Waals surface area (Å²) in [5, 5.41) is 1.17. The number of fused-ring (bicyclic) bond motifs is 4. The Bertz CT molecular complexity index is 1350. The lowest BCUT2D eigenvalue weighted by Gasteiger charge is -2.16. The molecular formula is C24H15N2S2+. The standard InChI is InChI=1S/C24H15N2S2/c1-4-10-21-17(7-1)25-18-14-13-16(15-24(18)27-21)26-19-8-2-5-11-22(19)28-23-12-6-3-9-20(23)26/h1-15H/q+1. The molecule has 0 unspecified atom stereocenters. The maximum Gasteiger partial charge on any atom is 0.225 e. The van der Waals surface area contributed by atoms with Gasteiger partial charge in [-0.15, -0.1) is 11.3 Å². The van der Waals surface area contributed by atoms with Gasteiger partial charge in [-0.25, -0.2) is 4.98 Å². The second-order valence-electron chi connectivity index (χ2n) is 6.71. The van der Waals surface area contributed by atoms with E-state index in [0.29, 0.717) is 0 Å². The molecule has 2 nitrogen and oxygen atoms in total. The molecule has 3 aliphatic rings. The van der Waals surface area contributed by atoms with E-state index in [1.807, 2.05) is 17.8 Å². The van der Waals surface area contributed by atoms with Crippen LogP contribution in [0.5, 0.6) is 0 Å². The largest absolute Gasteiger partial charge is 0.246 e. The first kappa shape index (κ1) is 16.0. The highest BCUT2D eigenvalue weighted by molar-refractivity contribution is 7.99. The first-order valence-corrected chi connectivity index (χ1v) is 10.8. The number of nitrogens with zero attached hydrogens (tertiary/aromatic N) is 2. The van der Waals surface area contributed by atoms with Gasteiger partial charge >= 0.3 is 0 Å². The van der Waals surface area contributed by atoms with Crippen LogP contribution in [0.2, 0.25) is 0 Å². The van der Waals surface area contributed by atoms with Crippen molar-refractivity contribution in [2.24, 2.45) is 0 Å². The minimum Gasteiger partial charge on any atom is -0.246 e. The predicted molar refractivity (Wildman–Crippen MR) is 118 cm³/mol. The number of aromatic nitrogens is 1. The third-order valence-corrected chi connectivity index (χ3v) is 7.20. The van der Waals surface area contributed by atoms with Crippen LogP contribution < -0.4 is 9.93 Å². The quantitative estimate of drug-likeness (QED) is 0.221. The van der Waals surface area contributed by atoms with Gasteiger partial charge in [0.25, 0.3) is 0 Å². The zero-order valence-electron chi connectivity index (χ0n) is 14.9. The summed E-state index contributed by atoms with van der Waals surface area (Å²) >= 11 is 3.63. The Balaban J connectivity index is 1.72. The molecule has 28 heavy (non-hydrogen) atoms. The van der Waals surface area contributed by atoms with Gasteiger partial charge in [-0.2, -0.15) is 4.58 Å². The van der Waals surface area contributed by atoms with Crippen molar-refractivity contribution in [3.05, 3.63) is 96.4 Å². The van der Waals surface area contributed by atoms with Crippen LogP contribution in [0.1, 0.15) is 0 Å². The minimum absolute atomic E-state index is 1.04. The summed E-state index contributed by atoms with van der Waals surface area (Å²) in [6.45, 7) is 0. The minimum atomic E-state index is 1.04. The van der Waals surface area contributed by atoms with Crippen LogP contribution >= 0.6 is 23.1 Å². The molecule has 4 heteroatoms. The number of benzene rings is 4. The molecule has 0 bridgehead atoms. The molecule has 3 aromatic rings. The molecule has 0 fully saturated rings. The van der Waals surface area contributed by atoms with Gasteiger partial charge in [-0.3, -0.25) is 0 Å². The fourth-order valence-electron chi connectivity index (χ4n) is 3.68. The second kappa shape index (κ2) is 6.30. The molecule has 0 amide bonds. The van der Waals surface area contributed by atoms with E-state index in [4.69, 9.17) is 4.98 Å².